The molecular formula is C20H11Cl3O5. The van der Waals surface area contributed by atoms with Crippen LogP contribution in [-0.2, 0) is 15.1 Å². The quantitative estimate of drug-likeness (QED) is 0.463. The van der Waals surface area contributed by atoms with Crippen molar-refractivity contribution in [3.05, 3.63) is 70.3 Å². The smallest absolute Gasteiger partial charge is 0.335 e. The molecule has 1 fully saturated rings. The number of aromatic hydroxyl groups is 2. The Hall–Kier alpha value is -2.34. The molecule has 2 aliphatic heterocycles. The van der Waals surface area contributed by atoms with E-state index < -0.39 is 21.8 Å². The summed E-state index contributed by atoms with van der Waals surface area (Å²) in [5.74, 6) is -0.282. The van der Waals surface area contributed by atoms with Gasteiger partial charge in [0.1, 0.15) is 28.4 Å². The molecule has 2 aromatic rings. The van der Waals surface area contributed by atoms with E-state index in [9.17, 15) is 15.0 Å². The number of carbonyl (C=O) groups is 1. The van der Waals surface area contributed by atoms with Gasteiger partial charge in [0.15, 0.2) is 10.5 Å². The largest absolute Gasteiger partial charge is 0.508 e. The maximum Gasteiger partial charge on any atom is 0.335 e. The van der Waals surface area contributed by atoms with Crippen LogP contribution >= 0.6 is 34.8 Å². The second kappa shape index (κ2) is 5.60. The number of benzene rings is 2. The Morgan fingerprint density at radius 3 is 2.11 bits per heavy atom. The van der Waals surface area contributed by atoms with Crippen LogP contribution in [0.25, 0.3) is 0 Å². The predicted molar refractivity (Wildman–Crippen MR) is 103 cm³/mol. The topological polar surface area (TPSA) is 76.0 Å². The summed E-state index contributed by atoms with van der Waals surface area (Å²) in [4.78, 5) is 11.3. The van der Waals surface area contributed by atoms with E-state index in [1.54, 1.807) is 24.3 Å². The van der Waals surface area contributed by atoms with Crippen LogP contribution in [0.4, 0.5) is 0 Å². The molecule has 2 aromatic carbocycles. The van der Waals surface area contributed by atoms with Crippen molar-refractivity contribution in [3.63, 3.8) is 0 Å². The molecule has 28 heavy (non-hydrogen) atoms. The molecule has 3 aliphatic rings. The predicted octanol–water partition coefficient (Wildman–Crippen LogP) is 4.65. The number of allylic oxidation sites excluding steroid dienone is 3. The standard InChI is InChI=1S/C20H11Cl3O5/c21-13-5-6-16-19(23,17(13)22)18(26)28-20(16)11-3-1-9(24)7-14(11)27-15-8-10(25)2-4-12(15)20/h1-8,17,24-25H. The first-order valence-corrected chi connectivity index (χ1v) is 9.47. The van der Waals surface area contributed by atoms with Crippen molar-refractivity contribution in [2.45, 2.75) is 15.9 Å². The second-order valence-electron chi connectivity index (χ2n) is 6.74. The number of carbonyl (C=O) groups excluding carboxylic acids is 1. The molecule has 1 aliphatic carbocycles. The van der Waals surface area contributed by atoms with Crippen LogP contribution in [0.1, 0.15) is 11.1 Å². The van der Waals surface area contributed by atoms with Crippen molar-refractivity contribution in [1.29, 1.82) is 0 Å². The number of halogens is 3. The van der Waals surface area contributed by atoms with Crippen LogP contribution in [0.5, 0.6) is 23.0 Å². The number of phenolic OH excluding ortho intramolecular Hbond substituents is 2. The average Bonchev–Trinajstić information content (AvgIpc) is 2.87. The highest BCUT2D eigenvalue weighted by atomic mass is 35.5. The zero-order valence-electron chi connectivity index (χ0n) is 13.9. The van der Waals surface area contributed by atoms with E-state index in [-0.39, 0.29) is 28.0 Å². The molecule has 5 rings (SSSR count). The van der Waals surface area contributed by atoms with Gasteiger partial charge in [-0.25, -0.2) is 4.79 Å². The number of hydrogen-bond acceptors (Lipinski definition) is 5. The van der Waals surface area contributed by atoms with Crippen molar-refractivity contribution >= 4 is 40.8 Å². The van der Waals surface area contributed by atoms with Gasteiger partial charge in [-0.2, -0.15) is 0 Å². The van der Waals surface area contributed by atoms with E-state index in [0.29, 0.717) is 16.7 Å². The summed E-state index contributed by atoms with van der Waals surface area (Å²) in [6.45, 7) is 0. The number of ether oxygens (including phenoxy) is 2. The molecule has 142 valence electrons. The first-order valence-electron chi connectivity index (χ1n) is 8.28. The monoisotopic (exact) mass is 436 g/mol. The lowest BCUT2D eigenvalue weighted by Gasteiger charge is -2.38. The molecule has 1 spiro atoms. The molecule has 0 radical (unpaired) electrons. The fourth-order valence-corrected chi connectivity index (χ4v) is 4.90. The number of phenols is 2. The van der Waals surface area contributed by atoms with Gasteiger partial charge in [0, 0.05) is 33.9 Å². The van der Waals surface area contributed by atoms with E-state index in [0.717, 1.165) is 0 Å². The maximum atomic E-state index is 13.0. The molecular weight excluding hydrogens is 427 g/mol. The molecule has 1 saturated heterocycles. The van der Waals surface area contributed by atoms with Crippen LogP contribution in [0.3, 0.4) is 0 Å². The minimum absolute atomic E-state index is 0.0326. The molecule has 8 heteroatoms. The van der Waals surface area contributed by atoms with Crippen molar-refractivity contribution in [1.82, 2.24) is 0 Å². The van der Waals surface area contributed by atoms with Crippen LogP contribution in [0, 0.1) is 0 Å². The molecule has 0 amide bonds. The van der Waals surface area contributed by atoms with Crippen molar-refractivity contribution in [2.24, 2.45) is 0 Å². The molecule has 2 unspecified atom stereocenters. The summed E-state index contributed by atoms with van der Waals surface area (Å²) in [7, 11) is 0. The molecule has 0 saturated carbocycles. The highest BCUT2D eigenvalue weighted by Gasteiger charge is 2.68. The molecule has 2 atom stereocenters. The highest BCUT2D eigenvalue weighted by Crippen LogP contribution is 2.63. The average molecular weight is 438 g/mol. The fraction of sp³-hybridized carbons (Fsp3) is 0.150. The molecule has 2 heterocycles. The van der Waals surface area contributed by atoms with E-state index in [1.165, 1.54) is 24.3 Å². The Kier molecular flexibility index (Phi) is 3.55. The summed E-state index contributed by atoms with van der Waals surface area (Å²) in [6.07, 6.45) is 3.20. The third kappa shape index (κ3) is 2.01. The highest BCUT2D eigenvalue weighted by molar-refractivity contribution is 6.48. The van der Waals surface area contributed by atoms with Crippen LogP contribution in [0.2, 0.25) is 0 Å². The van der Waals surface area contributed by atoms with Crippen molar-refractivity contribution in [3.8, 4) is 23.0 Å². The first kappa shape index (κ1) is 17.7. The lowest BCUT2D eigenvalue weighted by molar-refractivity contribution is -0.147. The van der Waals surface area contributed by atoms with E-state index in [2.05, 4.69) is 0 Å². The lowest BCUT2D eigenvalue weighted by Crippen LogP contribution is -2.43. The molecule has 2 N–H and O–H groups in total. The number of rotatable bonds is 0. The van der Waals surface area contributed by atoms with Crippen LogP contribution in [0.15, 0.2) is 59.2 Å². The minimum atomic E-state index is -1.71. The number of hydrogen-bond donors (Lipinski definition) is 2. The second-order valence-corrected chi connectivity index (χ2v) is 8.21. The zero-order chi connectivity index (χ0) is 19.8. The lowest BCUT2D eigenvalue weighted by atomic mass is 9.73. The van der Waals surface area contributed by atoms with Crippen molar-refractivity contribution < 1.29 is 24.5 Å². The maximum absolute atomic E-state index is 13.0. The Bertz CT molecular complexity index is 1070. The Labute approximate surface area is 174 Å². The summed E-state index contributed by atoms with van der Waals surface area (Å²) in [5, 5.41) is 19.0. The van der Waals surface area contributed by atoms with E-state index in [1.807, 2.05) is 0 Å². The summed E-state index contributed by atoms with van der Waals surface area (Å²) in [5.41, 5.74) is -0.107. The van der Waals surface area contributed by atoms with Gasteiger partial charge >= 0.3 is 5.97 Å². The zero-order valence-corrected chi connectivity index (χ0v) is 16.2. The number of alkyl halides is 2. The summed E-state index contributed by atoms with van der Waals surface area (Å²) < 4.78 is 11.8. The third-order valence-corrected chi connectivity index (χ3v) is 6.93. The van der Waals surface area contributed by atoms with E-state index in [4.69, 9.17) is 44.3 Å². The fourth-order valence-electron chi connectivity index (χ4n) is 3.99. The van der Waals surface area contributed by atoms with Gasteiger partial charge in [-0.1, -0.05) is 29.3 Å². The van der Waals surface area contributed by atoms with Crippen LogP contribution < -0.4 is 4.74 Å². The molecule has 0 bridgehead atoms. The number of esters is 1. The Morgan fingerprint density at radius 2 is 1.54 bits per heavy atom. The van der Waals surface area contributed by atoms with Gasteiger partial charge in [-0.3, -0.25) is 0 Å². The van der Waals surface area contributed by atoms with Gasteiger partial charge in [0.2, 0.25) is 0 Å². The number of fused-ring (bicyclic) bond motifs is 6. The van der Waals surface area contributed by atoms with Crippen molar-refractivity contribution in [2.75, 3.05) is 0 Å². The molecule has 5 nitrogen and oxygen atoms in total. The van der Waals surface area contributed by atoms with E-state index >= 15 is 0 Å². The Balaban J connectivity index is 1.89. The van der Waals surface area contributed by atoms with Gasteiger partial charge in [0.25, 0.3) is 0 Å². The summed E-state index contributed by atoms with van der Waals surface area (Å²) in [6, 6.07) is 8.91. The van der Waals surface area contributed by atoms with Gasteiger partial charge < -0.3 is 19.7 Å². The Morgan fingerprint density at radius 1 is 0.964 bits per heavy atom. The summed E-state index contributed by atoms with van der Waals surface area (Å²) >= 11 is 19.3. The van der Waals surface area contributed by atoms with Gasteiger partial charge in [-0.05, 0) is 30.3 Å². The third-order valence-electron chi connectivity index (χ3n) is 5.22. The normalized spacial score (nSPS) is 26.4. The minimum Gasteiger partial charge on any atom is -0.508 e. The molecule has 0 aromatic heterocycles. The van der Waals surface area contributed by atoms with Gasteiger partial charge in [0.05, 0.1) is 0 Å². The van der Waals surface area contributed by atoms with Gasteiger partial charge in [-0.15, -0.1) is 11.6 Å². The first-order chi connectivity index (χ1) is 13.3. The SMILES string of the molecule is O=C1OC2(C3=CC=C(Cl)C(Cl)C13Cl)c1ccc(O)cc1Oc1cc(O)ccc12. The van der Waals surface area contributed by atoms with Crippen LogP contribution in [-0.4, -0.2) is 26.4 Å².